The second kappa shape index (κ2) is 7.88. The first-order valence-corrected chi connectivity index (χ1v) is 10.8. The number of hydrogen-bond donors (Lipinski definition) is 0. The van der Waals surface area contributed by atoms with Gasteiger partial charge in [0.25, 0.3) is 0 Å². The Hall–Kier alpha value is -1.84. The second-order valence-electron chi connectivity index (χ2n) is 9.19. The van der Waals surface area contributed by atoms with Crippen molar-refractivity contribution in [2.75, 3.05) is 33.2 Å². The molecule has 3 unspecified atom stereocenters. The number of rotatable bonds is 2. The number of hydrogen-bond acceptors (Lipinski definition) is 2. The first-order valence-electron chi connectivity index (χ1n) is 10.8. The van der Waals surface area contributed by atoms with Gasteiger partial charge in [-0.2, -0.15) is 26.3 Å². The molecule has 0 spiro atoms. The third-order valence-corrected chi connectivity index (χ3v) is 7.42. The Bertz CT molecular complexity index is 860. The summed E-state index contributed by atoms with van der Waals surface area (Å²) in [7, 11) is 1.99. The van der Waals surface area contributed by atoms with Crippen molar-refractivity contribution >= 4 is 5.91 Å². The van der Waals surface area contributed by atoms with E-state index in [9.17, 15) is 35.5 Å². The van der Waals surface area contributed by atoms with E-state index >= 15 is 0 Å². The molecular formula is C22H25F7N2O. The molecule has 1 aliphatic heterocycles. The van der Waals surface area contributed by atoms with Gasteiger partial charge in [0, 0.05) is 37.7 Å². The maximum absolute atomic E-state index is 14.5. The molecule has 3 nitrogen and oxygen atoms in total. The topological polar surface area (TPSA) is 23.6 Å². The van der Waals surface area contributed by atoms with E-state index in [1.54, 1.807) is 0 Å². The Morgan fingerprint density at radius 3 is 2.12 bits per heavy atom. The van der Waals surface area contributed by atoms with Gasteiger partial charge in [0.1, 0.15) is 0 Å². The highest BCUT2D eigenvalue weighted by Crippen LogP contribution is 2.55. The number of alkyl halides is 7. The van der Waals surface area contributed by atoms with Gasteiger partial charge in [0.2, 0.25) is 5.91 Å². The van der Waals surface area contributed by atoms with Gasteiger partial charge in [-0.05, 0) is 55.7 Å². The van der Waals surface area contributed by atoms with Crippen LogP contribution in [0.25, 0.3) is 0 Å². The Balaban J connectivity index is 1.58. The fourth-order valence-corrected chi connectivity index (χ4v) is 5.63. The van der Waals surface area contributed by atoms with E-state index in [1.165, 1.54) is 6.07 Å². The summed E-state index contributed by atoms with van der Waals surface area (Å²) < 4.78 is 93.3. The summed E-state index contributed by atoms with van der Waals surface area (Å²) in [4.78, 5) is 17.1. The van der Waals surface area contributed by atoms with E-state index in [1.807, 2.05) is 11.9 Å². The highest BCUT2D eigenvalue weighted by atomic mass is 19.4. The maximum atomic E-state index is 14.5. The van der Waals surface area contributed by atoms with Crippen molar-refractivity contribution in [3.8, 4) is 0 Å². The van der Waals surface area contributed by atoms with Gasteiger partial charge in [-0.1, -0.05) is 18.2 Å². The zero-order valence-corrected chi connectivity index (χ0v) is 17.6. The average Bonchev–Trinajstić information content (AvgIpc) is 3.15. The van der Waals surface area contributed by atoms with Crippen molar-refractivity contribution in [2.24, 2.45) is 11.8 Å². The summed E-state index contributed by atoms with van der Waals surface area (Å²) in [5.74, 6) is -0.217. The third kappa shape index (κ3) is 3.68. The Kier molecular flexibility index (Phi) is 5.75. The van der Waals surface area contributed by atoms with Crippen LogP contribution in [-0.4, -0.2) is 61.3 Å². The molecule has 1 aromatic rings. The van der Waals surface area contributed by atoms with Gasteiger partial charge in [0.15, 0.2) is 0 Å². The van der Waals surface area contributed by atoms with Crippen molar-refractivity contribution in [1.82, 2.24) is 9.80 Å². The fraction of sp³-hybridized carbons (Fsp3) is 0.682. The van der Waals surface area contributed by atoms with Crippen molar-refractivity contribution in [3.05, 3.63) is 34.9 Å². The van der Waals surface area contributed by atoms with Crippen molar-refractivity contribution in [1.29, 1.82) is 0 Å². The summed E-state index contributed by atoms with van der Waals surface area (Å²) >= 11 is 0. The molecule has 10 heteroatoms. The largest absolute Gasteiger partial charge is 0.435 e. The molecule has 3 aliphatic rings. The number of piperazine rings is 1. The minimum atomic E-state index is -6.12. The standard InChI is InChI=1S/C22H25F7N2O/c1-30-8-10-31(11-9-30)19(32)18-7-6-16-15-5-3-14(12-13(15)2-4-17(16)18)20(23,21(24,25)26)22(27,28)29/h3,5,12,16-18H,2,4,6-11H2,1H3. The number of halogens is 7. The quantitative estimate of drug-likeness (QED) is 0.585. The molecule has 1 amide bonds. The van der Waals surface area contributed by atoms with Crippen LogP contribution in [0, 0.1) is 11.8 Å². The summed E-state index contributed by atoms with van der Waals surface area (Å²) in [6.45, 7) is 2.89. The molecule has 2 fully saturated rings. The molecule has 32 heavy (non-hydrogen) atoms. The molecule has 3 atom stereocenters. The first kappa shape index (κ1) is 23.3. The lowest BCUT2D eigenvalue weighted by molar-refractivity contribution is -0.348. The Morgan fingerprint density at radius 2 is 1.53 bits per heavy atom. The van der Waals surface area contributed by atoms with Gasteiger partial charge < -0.3 is 9.80 Å². The normalized spacial score (nSPS) is 27.2. The molecule has 4 rings (SSSR count). The lowest BCUT2D eigenvalue weighted by Gasteiger charge is -2.37. The van der Waals surface area contributed by atoms with Crippen LogP contribution in [0.3, 0.4) is 0 Å². The van der Waals surface area contributed by atoms with Gasteiger partial charge in [0.05, 0.1) is 0 Å². The van der Waals surface area contributed by atoms with Crippen LogP contribution >= 0.6 is 0 Å². The number of nitrogens with zero attached hydrogens (tertiary/aromatic N) is 2. The monoisotopic (exact) mass is 466 g/mol. The van der Waals surface area contributed by atoms with Crippen LogP contribution < -0.4 is 0 Å². The molecule has 0 N–H and O–H groups in total. The van der Waals surface area contributed by atoms with Crippen LogP contribution in [0.4, 0.5) is 30.7 Å². The van der Waals surface area contributed by atoms with E-state index in [2.05, 4.69) is 4.90 Å². The molecule has 2 aliphatic carbocycles. The fourth-order valence-electron chi connectivity index (χ4n) is 5.63. The van der Waals surface area contributed by atoms with Crippen LogP contribution in [0.2, 0.25) is 0 Å². The van der Waals surface area contributed by atoms with Gasteiger partial charge >= 0.3 is 18.0 Å². The van der Waals surface area contributed by atoms with E-state index < -0.39 is 23.6 Å². The van der Waals surface area contributed by atoms with E-state index in [0.717, 1.165) is 19.2 Å². The van der Waals surface area contributed by atoms with E-state index in [0.29, 0.717) is 49.5 Å². The maximum Gasteiger partial charge on any atom is 0.435 e. The number of benzene rings is 1. The smallest absolute Gasteiger partial charge is 0.340 e. The van der Waals surface area contributed by atoms with Gasteiger partial charge in [-0.3, -0.25) is 4.79 Å². The summed E-state index contributed by atoms with van der Waals surface area (Å²) in [6, 6.07) is 2.54. The average molecular weight is 466 g/mol. The zero-order valence-electron chi connectivity index (χ0n) is 17.6. The molecule has 178 valence electrons. The van der Waals surface area contributed by atoms with E-state index in [4.69, 9.17) is 0 Å². The number of aryl methyl sites for hydroxylation is 1. The molecule has 1 aromatic carbocycles. The van der Waals surface area contributed by atoms with Crippen LogP contribution in [0.5, 0.6) is 0 Å². The van der Waals surface area contributed by atoms with Gasteiger partial charge in [-0.15, -0.1) is 0 Å². The Labute approximate surface area is 181 Å². The van der Waals surface area contributed by atoms with Crippen LogP contribution in [0.15, 0.2) is 18.2 Å². The number of carbonyl (C=O) groups is 1. The van der Waals surface area contributed by atoms with Crippen LogP contribution in [-0.2, 0) is 16.9 Å². The predicted molar refractivity (Wildman–Crippen MR) is 103 cm³/mol. The highest BCUT2D eigenvalue weighted by molar-refractivity contribution is 5.80. The molecule has 0 bridgehead atoms. The number of amides is 1. The SMILES string of the molecule is CN1CCN(C(=O)C2CCC3c4ccc(C(F)(C(F)(F)F)C(F)(F)F)cc4CCC23)CC1. The predicted octanol–water partition coefficient (Wildman–Crippen LogP) is 4.81. The number of likely N-dealkylation sites (N-methyl/N-ethyl adjacent to an activating group) is 1. The van der Waals surface area contributed by atoms with Crippen molar-refractivity contribution in [3.63, 3.8) is 0 Å². The third-order valence-electron chi connectivity index (χ3n) is 7.42. The van der Waals surface area contributed by atoms with E-state index in [-0.39, 0.29) is 30.1 Å². The minimum absolute atomic E-state index is 0.000807. The molecule has 1 saturated heterocycles. The summed E-state index contributed by atoms with van der Waals surface area (Å²) in [5.41, 5.74) is -5.89. The number of carbonyl (C=O) groups excluding carboxylic acids is 1. The summed E-state index contributed by atoms with van der Waals surface area (Å²) in [5, 5.41) is 0. The lowest BCUT2D eigenvalue weighted by atomic mass is 9.73. The molecule has 0 radical (unpaired) electrons. The lowest BCUT2D eigenvalue weighted by Crippen LogP contribution is -2.50. The molecule has 1 saturated carbocycles. The van der Waals surface area contributed by atoms with Crippen molar-refractivity contribution in [2.45, 2.75) is 49.6 Å². The molecule has 0 aromatic heterocycles. The second-order valence-corrected chi connectivity index (χ2v) is 9.19. The minimum Gasteiger partial charge on any atom is -0.340 e. The van der Waals surface area contributed by atoms with Crippen LogP contribution in [0.1, 0.15) is 41.9 Å². The molecule has 1 heterocycles. The Morgan fingerprint density at radius 1 is 0.906 bits per heavy atom. The van der Waals surface area contributed by atoms with Gasteiger partial charge in [-0.25, -0.2) is 4.39 Å². The zero-order chi connectivity index (χ0) is 23.5. The summed E-state index contributed by atoms with van der Waals surface area (Å²) in [6.07, 6.45) is -10.3. The highest BCUT2D eigenvalue weighted by Gasteiger charge is 2.73. The number of fused-ring (bicyclic) bond motifs is 3. The first-order chi connectivity index (χ1) is 14.8. The van der Waals surface area contributed by atoms with Crippen molar-refractivity contribution < 1.29 is 35.5 Å². The molecular weight excluding hydrogens is 441 g/mol.